The number of aromatic nitrogens is 2. The fraction of sp³-hybridized carbons (Fsp3) is 0.231. The lowest BCUT2D eigenvalue weighted by molar-refractivity contribution is 0.667. The number of para-hydroxylation sites is 1. The Balaban J connectivity index is 1.55. The van der Waals surface area contributed by atoms with Gasteiger partial charge in [0.15, 0.2) is 0 Å². The Morgan fingerprint density at radius 2 is 2.18 bits per heavy atom. The van der Waals surface area contributed by atoms with Crippen molar-refractivity contribution in [2.24, 2.45) is 4.99 Å². The van der Waals surface area contributed by atoms with Gasteiger partial charge in [0.2, 0.25) is 0 Å². The molecular weight excluding hydrogens is 230 g/mol. The highest BCUT2D eigenvalue weighted by Crippen LogP contribution is 2.29. The highest BCUT2D eigenvalue weighted by atomic mass is 32.2. The summed E-state index contributed by atoms with van der Waals surface area (Å²) < 4.78 is 1.95. The van der Waals surface area contributed by atoms with Crippen LogP contribution < -0.4 is 0 Å². The molecule has 0 amide bonds. The van der Waals surface area contributed by atoms with Gasteiger partial charge in [-0.05, 0) is 17.7 Å². The first-order valence-electron chi connectivity index (χ1n) is 5.67. The molecule has 4 heteroatoms. The fourth-order valence-corrected chi connectivity index (χ4v) is 2.81. The first-order chi connectivity index (χ1) is 8.42. The van der Waals surface area contributed by atoms with Crippen molar-refractivity contribution in [1.82, 2.24) is 9.78 Å². The summed E-state index contributed by atoms with van der Waals surface area (Å²) in [6, 6.07) is 10.3. The van der Waals surface area contributed by atoms with Crippen molar-refractivity contribution in [3.8, 4) is 0 Å². The van der Waals surface area contributed by atoms with Crippen LogP contribution in [0.1, 0.15) is 5.56 Å². The fourth-order valence-electron chi connectivity index (χ4n) is 1.88. The molecule has 1 aromatic carbocycles. The molecular formula is C13H13N3S. The molecule has 0 unspecified atom stereocenters. The van der Waals surface area contributed by atoms with Crippen LogP contribution in [-0.4, -0.2) is 20.6 Å². The molecule has 0 atom stereocenters. The molecule has 1 aromatic heterocycles. The van der Waals surface area contributed by atoms with Gasteiger partial charge < -0.3 is 0 Å². The van der Waals surface area contributed by atoms with E-state index in [2.05, 4.69) is 28.3 Å². The van der Waals surface area contributed by atoms with E-state index in [1.807, 2.05) is 41.0 Å². The van der Waals surface area contributed by atoms with E-state index in [9.17, 15) is 0 Å². The topological polar surface area (TPSA) is 30.2 Å². The highest BCUT2D eigenvalue weighted by molar-refractivity contribution is 8.14. The molecule has 0 aliphatic carbocycles. The Morgan fingerprint density at radius 3 is 3.00 bits per heavy atom. The van der Waals surface area contributed by atoms with Gasteiger partial charge >= 0.3 is 0 Å². The molecule has 0 spiro atoms. The maximum Gasteiger partial charge on any atom is 0.0784 e. The van der Waals surface area contributed by atoms with Gasteiger partial charge in [-0.1, -0.05) is 18.2 Å². The molecule has 1 aliphatic rings. The maximum atomic E-state index is 4.62. The smallest absolute Gasteiger partial charge is 0.0784 e. The van der Waals surface area contributed by atoms with E-state index in [0.29, 0.717) is 0 Å². The first kappa shape index (κ1) is 10.6. The Labute approximate surface area is 105 Å². The van der Waals surface area contributed by atoms with Crippen molar-refractivity contribution in [2.45, 2.75) is 13.0 Å². The van der Waals surface area contributed by atoms with Crippen LogP contribution in [0.25, 0.3) is 0 Å². The normalized spacial score (nSPS) is 13.5. The summed E-state index contributed by atoms with van der Waals surface area (Å²) in [6.07, 6.45) is 4.79. The molecule has 17 heavy (non-hydrogen) atoms. The molecule has 0 saturated carbocycles. The average molecular weight is 243 g/mol. The summed E-state index contributed by atoms with van der Waals surface area (Å²) in [5.74, 6) is 1.02. The van der Waals surface area contributed by atoms with Gasteiger partial charge in [-0.2, -0.15) is 5.10 Å². The van der Waals surface area contributed by atoms with Crippen LogP contribution in [0.3, 0.4) is 0 Å². The number of hydrogen-bond acceptors (Lipinski definition) is 3. The number of benzene rings is 1. The minimum absolute atomic E-state index is 0.938. The van der Waals surface area contributed by atoms with Crippen LogP contribution in [-0.2, 0) is 13.0 Å². The average Bonchev–Trinajstić information content (AvgIpc) is 2.96. The highest BCUT2D eigenvalue weighted by Gasteiger charge is 2.13. The van der Waals surface area contributed by atoms with Gasteiger partial charge in [0.05, 0.1) is 17.3 Å². The van der Waals surface area contributed by atoms with Gasteiger partial charge in [-0.15, -0.1) is 11.8 Å². The molecule has 1 aliphatic heterocycles. The molecule has 0 radical (unpaired) electrons. The Hall–Kier alpha value is -1.55. The van der Waals surface area contributed by atoms with E-state index in [1.54, 1.807) is 0 Å². The quantitative estimate of drug-likeness (QED) is 0.829. The van der Waals surface area contributed by atoms with Crippen LogP contribution in [0, 0.1) is 0 Å². The molecule has 0 fully saturated rings. The van der Waals surface area contributed by atoms with Gasteiger partial charge in [-0.25, -0.2) is 4.99 Å². The van der Waals surface area contributed by atoms with Crippen molar-refractivity contribution in [3.05, 3.63) is 48.3 Å². The number of aryl methyl sites for hydroxylation is 1. The van der Waals surface area contributed by atoms with Gasteiger partial charge in [0.1, 0.15) is 0 Å². The number of aliphatic imine (C=N–C) groups is 1. The third-order valence-electron chi connectivity index (χ3n) is 2.73. The summed E-state index contributed by atoms with van der Waals surface area (Å²) >= 11 is 1.83. The standard InChI is InChI=1S/C13H13N3S/c1-2-5-12-11(4-1)10-13(15-12)17-9-8-16-7-3-6-14-16/h1-7H,8-10H2. The van der Waals surface area contributed by atoms with Gasteiger partial charge in [0.25, 0.3) is 0 Å². The summed E-state index contributed by atoms with van der Waals surface area (Å²) in [5.41, 5.74) is 2.48. The van der Waals surface area contributed by atoms with Crippen LogP contribution in [0.2, 0.25) is 0 Å². The lowest BCUT2D eigenvalue weighted by atomic mass is 10.2. The zero-order chi connectivity index (χ0) is 11.5. The third-order valence-corrected chi connectivity index (χ3v) is 3.68. The Kier molecular flexibility index (Phi) is 2.96. The third kappa shape index (κ3) is 2.42. The van der Waals surface area contributed by atoms with Crippen molar-refractivity contribution in [3.63, 3.8) is 0 Å². The van der Waals surface area contributed by atoms with Crippen LogP contribution in [0.4, 0.5) is 5.69 Å². The summed E-state index contributed by atoms with van der Waals surface area (Å²) in [4.78, 5) is 4.62. The minimum Gasteiger partial charge on any atom is -0.272 e. The molecule has 3 nitrogen and oxygen atoms in total. The molecule has 0 bridgehead atoms. The summed E-state index contributed by atoms with van der Waals surface area (Å²) in [6.45, 7) is 0.938. The van der Waals surface area contributed by atoms with Crippen molar-refractivity contribution in [1.29, 1.82) is 0 Å². The van der Waals surface area contributed by atoms with E-state index in [0.717, 1.165) is 24.4 Å². The first-order valence-corrected chi connectivity index (χ1v) is 6.66. The zero-order valence-corrected chi connectivity index (χ0v) is 10.2. The van der Waals surface area contributed by atoms with E-state index < -0.39 is 0 Å². The second-order valence-corrected chi connectivity index (χ2v) is 5.10. The van der Waals surface area contributed by atoms with E-state index in [-0.39, 0.29) is 0 Å². The van der Waals surface area contributed by atoms with Gasteiger partial charge in [-0.3, -0.25) is 4.68 Å². The van der Waals surface area contributed by atoms with Crippen LogP contribution in [0.15, 0.2) is 47.7 Å². The van der Waals surface area contributed by atoms with Crippen molar-refractivity contribution >= 4 is 22.5 Å². The van der Waals surface area contributed by atoms with Crippen molar-refractivity contribution in [2.75, 3.05) is 5.75 Å². The lowest BCUT2D eigenvalue weighted by Gasteiger charge is -2.01. The lowest BCUT2D eigenvalue weighted by Crippen LogP contribution is -2.03. The minimum atomic E-state index is 0.938. The molecule has 0 N–H and O–H groups in total. The SMILES string of the molecule is c1ccc2c(c1)CC(SCCn1cccn1)=N2. The molecule has 86 valence electrons. The number of hydrogen-bond donors (Lipinski definition) is 0. The molecule has 2 aromatic rings. The van der Waals surface area contributed by atoms with E-state index in [1.165, 1.54) is 10.6 Å². The van der Waals surface area contributed by atoms with Crippen molar-refractivity contribution < 1.29 is 0 Å². The van der Waals surface area contributed by atoms with Crippen LogP contribution >= 0.6 is 11.8 Å². The van der Waals surface area contributed by atoms with E-state index in [4.69, 9.17) is 0 Å². The largest absolute Gasteiger partial charge is 0.272 e. The number of fused-ring (bicyclic) bond motifs is 1. The maximum absolute atomic E-state index is 4.62. The Morgan fingerprint density at radius 1 is 1.24 bits per heavy atom. The summed E-state index contributed by atoms with van der Waals surface area (Å²) in [7, 11) is 0. The Bertz CT molecular complexity index is 531. The number of thioether (sulfide) groups is 1. The predicted molar refractivity (Wildman–Crippen MR) is 71.9 cm³/mol. The van der Waals surface area contributed by atoms with Gasteiger partial charge in [0, 0.05) is 24.6 Å². The second kappa shape index (κ2) is 4.75. The molecule has 0 saturated heterocycles. The molecule has 3 rings (SSSR count). The second-order valence-electron chi connectivity index (χ2n) is 3.93. The van der Waals surface area contributed by atoms with E-state index >= 15 is 0 Å². The number of nitrogens with zero attached hydrogens (tertiary/aromatic N) is 3. The number of rotatable bonds is 3. The molecule has 2 heterocycles. The summed E-state index contributed by atoms with van der Waals surface area (Å²) in [5, 5.41) is 5.40. The van der Waals surface area contributed by atoms with Crippen LogP contribution in [0.5, 0.6) is 0 Å². The monoisotopic (exact) mass is 243 g/mol. The predicted octanol–water partition coefficient (Wildman–Crippen LogP) is 2.90. The zero-order valence-electron chi connectivity index (χ0n) is 9.41.